The minimum absolute atomic E-state index is 0.211. The summed E-state index contributed by atoms with van der Waals surface area (Å²) < 4.78 is 36.2. The smallest absolute Gasteiger partial charge is 0.338 e. The fraction of sp³-hybridized carbons (Fsp3) is 0.282. The molecule has 0 aromatic heterocycles. The number of hydrogen-bond acceptors (Lipinski definition) is 10. The molecule has 49 heavy (non-hydrogen) atoms. The number of ether oxygens (including phenoxy) is 6. The summed E-state index contributed by atoms with van der Waals surface area (Å²) in [4.78, 5) is 53.6. The summed E-state index contributed by atoms with van der Waals surface area (Å²) in [5.74, 6) is -2.91. The van der Waals surface area contributed by atoms with Crippen LogP contribution in [-0.2, 0) is 28.4 Å². The zero-order valence-electron chi connectivity index (χ0n) is 27.1. The highest BCUT2D eigenvalue weighted by Gasteiger charge is 2.53. The lowest BCUT2D eigenvalue weighted by Crippen LogP contribution is -2.63. The van der Waals surface area contributed by atoms with Crippen molar-refractivity contribution < 1.29 is 47.6 Å². The molecule has 4 aromatic carbocycles. The second-order valence-corrected chi connectivity index (χ2v) is 11.3. The quantitative estimate of drug-likeness (QED) is 0.0843. The van der Waals surface area contributed by atoms with Gasteiger partial charge in [-0.1, -0.05) is 92.6 Å². The van der Waals surface area contributed by atoms with Crippen LogP contribution in [0.5, 0.6) is 0 Å². The molecule has 5 atom stereocenters. The third kappa shape index (κ3) is 9.62. The van der Waals surface area contributed by atoms with E-state index in [1.165, 1.54) is 0 Å². The molecule has 10 nitrogen and oxygen atoms in total. The first kappa shape index (κ1) is 35.0. The molecule has 1 aliphatic heterocycles. The van der Waals surface area contributed by atoms with Crippen LogP contribution in [0.1, 0.15) is 67.6 Å². The largest absolute Gasteiger partial charge is 0.459 e. The van der Waals surface area contributed by atoms with Crippen LogP contribution in [0, 0.1) is 0 Å². The van der Waals surface area contributed by atoms with Crippen LogP contribution in [0.4, 0.5) is 0 Å². The fourth-order valence-corrected chi connectivity index (χ4v) is 5.21. The highest BCUT2D eigenvalue weighted by Crippen LogP contribution is 2.32. The van der Waals surface area contributed by atoms with Crippen molar-refractivity contribution in [2.75, 3.05) is 13.2 Å². The molecule has 4 aromatic rings. The fourth-order valence-electron chi connectivity index (χ4n) is 5.21. The second kappa shape index (κ2) is 17.7. The van der Waals surface area contributed by atoms with Gasteiger partial charge < -0.3 is 28.4 Å². The molecule has 0 saturated carbocycles. The van der Waals surface area contributed by atoms with Crippen molar-refractivity contribution in [2.45, 2.75) is 56.9 Å². The van der Waals surface area contributed by atoms with E-state index in [1.54, 1.807) is 121 Å². The Labute approximate surface area is 284 Å². The molecule has 0 bridgehead atoms. The highest BCUT2D eigenvalue weighted by molar-refractivity contribution is 5.91. The van der Waals surface area contributed by atoms with E-state index in [0.717, 1.165) is 12.8 Å². The van der Waals surface area contributed by atoms with Gasteiger partial charge in [0.05, 0.1) is 22.3 Å². The summed E-state index contributed by atoms with van der Waals surface area (Å²) in [5, 5.41) is 0. The lowest BCUT2D eigenvalue weighted by molar-refractivity contribution is -0.298. The van der Waals surface area contributed by atoms with Crippen LogP contribution < -0.4 is 0 Å². The van der Waals surface area contributed by atoms with Gasteiger partial charge in [0.25, 0.3) is 0 Å². The summed E-state index contributed by atoms with van der Waals surface area (Å²) in [6.07, 6.45) is -4.27. The average molecular weight is 667 g/mol. The number of benzene rings is 4. The zero-order chi connectivity index (χ0) is 34.4. The minimum Gasteiger partial charge on any atom is -0.459 e. The van der Waals surface area contributed by atoms with Gasteiger partial charge in [-0.05, 0) is 55.0 Å². The predicted molar refractivity (Wildman–Crippen MR) is 178 cm³/mol. The Morgan fingerprint density at radius 3 is 1.39 bits per heavy atom. The van der Waals surface area contributed by atoms with E-state index in [1.807, 2.05) is 6.92 Å². The Bertz CT molecular complexity index is 1650. The number of carbonyl (C=O) groups is 4. The Balaban J connectivity index is 1.53. The van der Waals surface area contributed by atoms with Gasteiger partial charge in [0.2, 0.25) is 0 Å². The van der Waals surface area contributed by atoms with E-state index in [9.17, 15) is 19.2 Å². The molecule has 0 aliphatic carbocycles. The molecule has 1 fully saturated rings. The molecule has 1 saturated heterocycles. The van der Waals surface area contributed by atoms with Crippen molar-refractivity contribution in [3.05, 3.63) is 144 Å². The van der Waals surface area contributed by atoms with Gasteiger partial charge in [0.15, 0.2) is 24.6 Å². The lowest BCUT2D eigenvalue weighted by atomic mass is 9.97. The van der Waals surface area contributed by atoms with E-state index >= 15 is 0 Å². The molecule has 0 radical (unpaired) electrons. The SMILES string of the molecule is CCCCCO[C@@H]1O[C@H](COC(=O)c2ccccc2)[C@@H](OC(=O)c2ccccc2)[C@H](OC(=O)c2ccccc2)[C@H]1OC(=O)c1ccccc1. The first-order chi connectivity index (χ1) is 23.9. The molecule has 10 heteroatoms. The second-order valence-electron chi connectivity index (χ2n) is 11.3. The normalized spacial score (nSPS) is 20.1. The molecule has 1 heterocycles. The zero-order valence-corrected chi connectivity index (χ0v) is 27.1. The van der Waals surface area contributed by atoms with Crippen molar-refractivity contribution in [3.63, 3.8) is 0 Å². The number of rotatable bonds is 14. The first-order valence-electron chi connectivity index (χ1n) is 16.2. The summed E-state index contributed by atoms with van der Waals surface area (Å²) in [6, 6.07) is 33.1. The maximum Gasteiger partial charge on any atom is 0.338 e. The highest BCUT2D eigenvalue weighted by atomic mass is 16.7. The summed E-state index contributed by atoms with van der Waals surface area (Å²) in [6.45, 7) is 1.86. The van der Waals surface area contributed by atoms with Gasteiger partial charge in [0.1, 0.15) is 12.7 Å². The van der Waals surface area contributed by atoms with Gasteiger partial charge in [0, 0.05) is 6.61 Å². The van der Waals surface area contributed by atoms with Crippen molar-refractivity contribution in [1.29, 1.82) is 0 Å². The van der Waals surface area contributed by atoms with Crippen molar-refractivity contribution in [2.24, 2.45) is 0 Å². The monoisotopic (exact) mass is 666 g/mol. The molecule has 5 rings (SSSR count). The predicted octanol–water partition coefficient (Wildman–Crippen LogP) is 6.45. The number of esters is 4. The summed E-state index contributed by atoms with van der Waals surface area (Å²) in [5.41, 5.74) is 0.955. The Morgan fingerprint density at radius 2 is 0.939 bits per heavy atom. The molecule has 0 unspecified atom stereocenters. The number of unbranched alkanes of at least 4 members (excludes halogenated alkanes) is 2. The molecule has 0 N–H and O–H groups in total. The maximum atomic E-state index is 13.6. The van der Waals surface area contributed by atoms with E-state index in [2.05, 4.69) is 0 Å². The van der Waals surface area contributed by atoms with Crippen LogP contribution in [-0.4, -0.2) is 67.8 Å². The van der Waals surface area contributed by atoms with Crippen molar-refractivity contribution in [3.8, 4) is 0 Å². The van der Waals surface area contributed by atoms with Crippen molar-refractivity contribution in [1.82, 2.24) is 0 Å². The van der Waals surface area contributed by atoms with E-state index in [4.69, 9.17) is 28.4 Å². The van der Waals surface area contributed by atoms with Gasteiger partial charge in [-0.15, -0.1) is 0 Å². The van der Waals surface area contributed by atoms with Gasteiger partial charge in [-0.3, -0.25) is 0 Å². The average Bonchev–Trinajstić information content (AvgIpc) is 3.15. The molecule has 254 valence electrons. The molecule has 0 spiro atoms. The Kier molecular flexibility index (Phi) is 12.7. The van der Waals surface area contributed by atoms with Crippen LogP contribution in [0.15, 0.2) is 121 Å². The van der Waals surface area contributed by atoms with Crippen LogP contribution in [0.2, 0.25) is 0 Å². The summed E-state index contributed by atoms with van der Waals surface area (Å²) >= 11 is 0. The maximum absolute atomic E-state index is 13.6. The molecule has 1 aliphatic rings. The van der Waals surface area contributed by atoms with Crippen molar-refractivity contribution >= 4 is 23.9 Å². The molecule has 0 amide bonds. The van der Waals surface area contributed by atoms with Gasteiger partial charge >= 0.3 is 23.9 Å². The number of hydrogen-bond donors (Lipinski definition) is 0. The standard InChI is InChI=1S/C39H38O10/c1-2-3-16-25-44-39-34(49-38(43)30-23-14-7-15-24-30)33(48-37(42)29-21-12-6-13-22-29)32(47-36(41)28-19-10-5-11-20-28)31(46-39)26-45-35(40)27-17-8-4-9-18-27/h4-15,17-24,31-34,39H,2-3,16,25-26H2,1H3/t31-,32-,33+,34-,39-/m1/s1. The van der Waals surface area contributed by atoms with E-state index < -0.39 is 61.2 Å². The first-order valence-corrected chi connectivity index (χ1v) is 16.2. The Hall–Kier alpha value is -5.32. The van der Waals surface area contributed by atoms with E-state index in [-0.39, 0.29) is 23.3 Å². The third-order valence-corrected chi connectivity index (χ3v) is 7.77. The van der Waals surface area contributed by atoms with Gasteiger partial charge in [-0.25, -0.2) is 19.2 Å². The van der Waals surface area contributed by atoms with Crippen LogP contribution in [0.3, 0.4) is 0 Å². The molecular weight excluding hydrogens is 628 g/mol. The molecular formula is C39H38O10. The number of carbonyl (C=O) groups excluding carboxylic acids is 4. The van der Waals surface area contributed by atoms with Crippen LogP contribution >= 0.6 is 0 Å². The topological polar surface area (TPSA) is 124 Å². The minimum atomic E-state index is -1.45. The third-order valence-electron chi connectivity index (χ3n) is 7.77. The Morgan fingerprint density at radius 1 is 0.531 bits per heavy atom. The van der Waals surface area contributed by atoms with Gasteiger partial charge in [-0.2, -0.15) is 0 Å². The summed E-state index contributed by atoms with van der Waals surface area (Å²) in [7, 11) is 0. The van der Waals surface area contributed by atoms with E-state index in [0.29, 0.717) is 12.0 Å². The lowest BCUT2D eigenvalue weighted by Gasteiger charge is -2.44. The van der Waals surface area contributed by atoms with Crippen LogP contribution in [0.25, 0.3) is 0 Å².